The van der Waals surface area contributed by atoms with Crippen LogP contribution in [0.5, 0.6) is 0 Å². The first-order chi connectivity index (χ1) is 9.08. The van der Waals surface area contributed by atoms with Gasteiger partial charge in [0.1, 0.15) is 0 Å². The van der Waals surface area contributed by atoms with Crippen LogP contribution in [0, 0.1) is 5.92 Å². The monoisotopic (exact) mass is 264 g/mol. The summed E-state index contributed by atoms with van der Waals surface area (Å²) in [6.07, 6.45) is 5.81. The lowest BCUT2D eigenvalue weighted by atomic mass is 10.1. The summed E-state index contributed by atoms with van der Waals surface area (Å²) < 4.78 is 1.59. The lowest BCUT2D eigenvalue weighted by molar-refractivity contribution is 0.534. The highest BCUT2D eigenvalue weighted by Gasteiger charge is 2.21. The molecule has 1 aliphatic heterocycles. The molecule has 1 fully saturated rings. The van der Waals surface area contributed by atoms with Crippen LogP contribution >= 0.6 is 0 Å². The Balaban J connectivity index is 2.20. The molecular formula is C14H24N4O. The number of aromatic nitrogens is 2. The van der Waals surface area contributed by atoms with Crippen LogP contribution in [0.15, 0.2) is 17.2 Å². The van der Waals surface area contributed by atoms with Gasteiger partial charge in [0.2, 0.25) is 0 Å². The maximum absolute atomic E-state index is 12.2. The smallest absolute Gasteiger partial charge is 0.293 e. The van der Waals surface area contributed by atoms with Gasteiger partial charge in [0.15, 0.2) is 5.82 Å². The standard InChI is InChI=1S/C14H24N4O/c1-11(2)9-18(10-12-5-4-6-15-12)13-14(19)17(3)8-7-16-13/h7-8,11-12,15H,4-6,9-10H2,1-3H3. The molecule has 1 aromatic heterocycles. The van der Waals surface area contributed by atoms with Crippen molar-refractivity contribution in [1.29, 1.82) is 0 Å². The van der Waals surface area contributed by atoms with Crippen molar-refractivity contribution < 1.29 is 0 Å². The van der Waals surface area contributed by atoms with Crippen molar-refractivity contribution in [1.82, 2.24) is 14.9 Å². The van der Waals surface area contributed by atoms with Crippen molar-refractivity contribution >= 4 is 5.82 Å². The second-order valence-electron chi connectivity index (χ2n) is 5.76. The molecule has 2 rings (SSSR count). The molecule has 0 aliphatic carbocycles. The molecule has 0 radical (unpaired) electrons. The van der Waals surface area contributed by atoms with Crippen molar-refractivity contribution in [3.8, 4) is 0 Å². The van der Waals surface area contributed by atoms with Crippen molar-refractivity contribution in [2.45, 2.75) is 32.7 Å². The van der Waals surface area contributed by atoms with Gasteiger partial charge < -0.3 is 14.8 Å². The number of nitrogens with one attached hydrogen (secondary N) is 1. The fraction of sp³-hybridized carbons (Fsp3) is 0.714. The van der Waals surface area contributed by atoms with Crippen LogP contribution in [-0.4, -0.2) is 35.2 Å². The van der Waals surface area contributed by atoms with Crippen LogP contribution in [0.1, 0.15) is 26.7 Å². The maximum Gasteiger partial charge on any atom is 0.293 e. The van der Waals surface area contributed by atoms with Gasteiger partial charge >= 0.3 is 0 Å². The van der Waals surface area contributed by atoms with E-state index in [1.54, 1.807) is 24.0 Å². The van der Waals surface area contributed by atoms with Crippen LogP contribution in [0.4, 0.5) is 5.82 Å². The van der Waals surface area contributed by atoms with Gasteiger partial charge in [0.05, 0.1) is 0 Å². The normalized spacial score (nSPS) is 19.1. The Morgan fingerprint density at radius 3 is 3.00 bits per heavy atom. The van der Waals surface area contributed by atoms with Crippen molar-refractivity contribution in [2.24, 2.45) is 13.0 Å². The summed E-state index contributed by atoms with van der Waals surface area (Å²) in [5.74, 6) is 1.08. The van der Waals surface area contributed by atoms with Crippen molar-refractivity contribution in [3.05, 3.63) is 22.7 Å². The molecule has 0 bridgehead atoms. The van der Waals surface area contributed by atoms with Crippen LogP contribution in [0.3, 0.4) is 0 Å². The third-order valence-electron chi connectivity index (χ3n) is 3.49. The number of aryl methyl sites for hydroxylation is 1. The average Bonchev–Trinajstić information content (AvgIpc) is 2.84. The molecule has 1 unspecified atom stereocenters. The average molecular weight is 264 g/mol. The van der Waals surface area contributed by atoms with Gasteiger partial charge in [0, 0.05) is 38.6 Å². The van der Waals surface area contributed by atoms with E-state index in [4.69, 9.17) is 0 Å². The van der Waals surface area contributed by atoms with Crippen molar-refractivity contribution in [3.63, 3.8) is 0 Å². The number of hydrogen-bond acceptors (Lipinski definition) is 4. The van der Waals surface area contributed by atoms with Crippen LogP contribution in [0.25, 0.3) is 0 Å². The Morgan fingerprint density at radius 2 is 2.37 bits per heavy atom. The van der Waals surface area contributed by atoms with E-state index in [1.807, 2.05) is 0 Å². The molecule has 0 amide bonds. The largest absolute Gasteiger partial charge is 0.350 e. The molecule has 1 saturated heterocycles. The molecule has 0 saturated carbocycles. The van der Waals surface area contributed by atoms with E-state index >= 15 is 0 Å². The van der Waals surface area contributed by atoms with E-state index in [0.29, 0.717) is 17.8 Å². The van der Waals surface area contributed by atoms with Gasteiger partial charge in [-0.2, -0.15) is 0 Å². The fourth-order valence-electron chi connectivity index (χ4n) is 2.57. The number of nitrogens with zero attached hydrogens (tertiary/aromatic N) is 3. The van der Waals surface area contributed by atoms with Crippen LogP contribution < -0.4 is 15.8 Å². The predicted octanol–water partition coefficient (Wildman–Crippen LogP) is 0.995. The first-order valence-electron chi connectivity index (χ1n) is 7.08. The van der Waals surface area contributed by atoms with E-state index in [0.717, 1.165) is 19.6 Å². The zero-order valence-electron chi connectivity index (χ0n) is 12.1. The Hall–Kier alpha value is -1.36. The SMILES string of the molecule is CC(C)CN(CC1CCCN1)c1nccn(C)c1=O. The molecule has 1 aromatic rings. The zero-order valence-corrected chi connectivity index (χ0v) is 12.1. The summed E-state index contributed by atoms with van der Waals surface area (Å²) in [5, 5.41) is 3.49. The van der Waals surface area contributed by atoms with Crippen LogP contribution in [-0.2, 0) is 7.05 Å². The minimum Gasteiger partial charge on any atom is -0.350 e. The minimum absolute atomic E-state index is 0.0128. The van der Waals surface area contributed by atoms with Gasteiger partial charge in [0.25, 0.3) is 5.56 Å². The molecule has 1 atom stereocenters. The molecule has 1 N–H and O–H groups in total. The lowest BCUT2D eigenvalue weighted by Gasteiger charge is -2.28. The summed E-state index contributed by atoms with van der Waals surface area (Å²) in [7, 11) is 1.77. The summed E-state index contributed by atoms with van der Waals surface area (Å²) in [6.45, 7) is 7.15. The highest BCUT2D eigenvalue weighted by Crippen LogP contribution is 2.12. The number of rotatable bonds is 5. The molecule has 5 nitrogen and oxygen atoms in total. The van der Waals surface area contributed by atoms with E-state index in [2.05, 4.69) is 29.0 Å². The Morgan fingerprint density at radius 1 is 1.58 bits per heavy atom. The molecule has 0 spiro atoms. The highest BCUT2D eigenvalue weighted by atomic mass is 16.1. The number of anilines is 1. The summed E-state index contributed by atoms with van der Waals surface area (Å²) >= 11 is 0. The maximum atomic E-state index is 12.2. The lowest BCUT2D eigenvalue weighted by Crippen LogP contribution is -2.42. The Labute approximate surface area is 114 Å². The van der Waals surface area contributed by atoms with Gasteiger partial charge in [-0.3, -0.25) is 4.79 Å². The highest BCUT2D eigenvalue weighted by molar-refractivity contribution is 5.36. The zero-order chi connectivity index (χ0) is 13.8. The first-order valence-corrected chi connectivity index (χ1v) is 7.08. The van der Waals surface area contributed by atoms with Gasteiger partial charge in [-0.05, 0) is 25.3 Å². The molecule has 0 aromatic carbocycles. The Kier molecular flexibility index (Phi) is 4.58. The van der Waals surface area contributed by atoms with Gasteiger partial charge in [-0.15, -0.1) is 0 Å². The third-order valence-corrected chi connectivity index (χ3v) is 3.49. The molecule has 2 heterocycles. The topological polar surface area (TPSA) is 50.2 Å². The second-order valence-corrected chi connectivity index (χ2v) is 5.76. The van der Waals surface area contributed by atoms with Gasteiger partial charge in [-0.25, -0.2) is 4.98 Å². The molecule has 5 heteroatoms. The van der Waals surface area contributed by atoms with E-state index in [-0.39, 0.29) is 5.56 Å². The first kappa shape index (κ1) is 14.1. The fourth-order valence-corrected chi connectivity index (χ4v) is 2.57. The van der Waals surface area contributed by atoms with E-state index < -0.39 is 0 Å². The second kappa shape index (κ2) is 6.19. The summed E-state index contributed by atoms with van der Waals surface area (Å²) in [4.78, 5) is 18.6. The molecular weight excluding hydrogens is 240 g/mol. The molecule has 106 valence electrons. The quantitative estimate of drug-likeness (QED) is 0.862. The predicted molar refractivity (Wildman–Crippen MR) is 77.6 cm³/mol. The third kappa shape index (κ3) is 3.56. The van der Waals surface area contributed by atoms with Gasteiger partial charge in [-0.1, -0.05) is 13.8 Å². The summed E-state index contributed by atoms with van der Waals surface area (Å²) in [5.41, 5.74) is -0.0128. The molecule has 19 heavy (non-hydrogen) atoms. The van der Waals surface area contributed by atoms with Crippen molar-refractivity contribution in [2.75, 3.05) is 24.5 Å². The summed E-state index contributed by atoms with van der Waals surface area (Å²) in [6, 6.07) is 0.477. The number of hydrogen-bond donors (Lipinski definition) is 1. The van der Waals surface area contributed by atoms with E-state index in [1.165, 1.54) is 12.8 Å². The Bertz CT molecular complexity index is 463. The van der Waals surface area contributed by atoms with Crippen LogP contribution in [0.2, 0.25) is 0 Å². The van der Waals surface area contributed by atoms with E-state index in [9.17, 15) is 4.79 Å². The molecule has 1 aliphatic rings. The minimum atomic E-state index is -0.0128.